The average molecular weight is 1900 g/mol. The van der Waals surface area contributed by atoms with Crippen LogP contribution in [-0.4, -0.2) is 305 Å². The number of rotatable bonds is 42. The number of aliphatic carboxylic acids is 4. The predicted molar refractivity (Wildman–Crippen MR) is 487 cm³/mol. The van der Waals surface area contributed by atoms with E-state index < -0.39 is 274 Å². The van der Waals surface area contributed by atoms with E-state index in [2.05, 4.69) is 31.9 Å². The minimum absolute atomic E-state index is 0.00797. The summed E-state index contributed by atoms with van der Waals surface area (Å²) in [6, 6.07) is 14.6. The number of carboxylic acid groups (broad SMARTS) is 4. The molecule has 0 saturated carbocycles. The number of hydrogen-bond acceptors (Lipinski definition) is 28. The Balaban J connectivity index is 1.26. The minimum atomic E-state index is -1.80. The van der Waals surface area contributed by atoms with Gasteiger partial charge in [-0.3, -0.25) is 101 Å². The molecule has 41 heteroatoms. The Morgan fingerprint density at radius 2 is 1.10 bits per heavy atom. The molecule has 1 unspecified atom stereocenters. The highest BCUT2D eigenvalue weighted by Crippen LogP contribution is 2.33. The van der Waals surface area contributed by atoms with Crippen LogP contribution < -0.4 is 43.4 Å². The molecule has 132 heavy (non-hydrogen) atoms. The van der Waals surface area contributed by atoms with Crippen molar-refractivity contribution in [3.05, 3.63) is 124 Å². The van der Waals surface area contributed by atoms with Gasteiger partial charge in [0.1, 0.15) is 23.3 Å². The Bertz CT molecular complexity index is 4640. The van der Waals surface area contributed by atoms with Crippen LogP contribution >= 0.6 is 33.2 Å². The number of ketones is 5. The first-order valence-electron chi connectivity index (χ1n) is 44.1. The molecule has 8 amide bonds. The van der Waals surface area contributed by atoms with Crippen LogP contribution in [0.2, 0.25) is 5.02 Å². The maximum Gasteiger partial charge on any atom is 0.317 e. The van der Waals surface area contributed by atoms with Gasteiger partial charge in [-0.1, -0.05) is 122 Å². The van der Waals surface area contributed by atoms with Gasteiger partial charge in [0, 0.05) is 164 Å². The normalized spacial score (nSPS) is 20.4. The van der Waals surface area contributed by atoms with Gasteiger partial charge in [-0.25, -0.2) is 0 Å². The average Bonchev–Trinajstić information content (AvgIpc) is 1.65. The van der Waals surface area contributed by atoms with E-state index in [0.29, 0.717) is 28.7 Å². The van der Waals surface area contributed by atoms with E-state index in [1.54, 1.807) is 61.8 Å². The van der Waals surface area contributed by atoms with Crippen LogP contribution in [0, 0.1) is 41.4 Å². The van der Waals surface area contributed by atoms with Crippen molar-refractivity contribution in [1.82, 2.24) is 56.4 Å². The minimum Gasteiger partial charge on any atom is -0.508 e. The second-order valence-electron chi connectivity index (χ2n) is 34.5. The number of hydrogen-bond donors (Lipinski definition) is 16. The number of carbonyl (C=O) groups is 17. The first-order chi connectivity index (χ1) is 62.6. The Morgan fingerprint density at radius 3 is 1.64 bits per heavy atom. The first kappa shape index (κ1) is 108. The Morgan fingerprint density at radius 1 is 0.576 bits per heavy atom. The highest BCUT2D eigenvalue weighted by molar-refractivity contribution is 8.76. The van der Waals surface area contributed by atoms with E-state index in [4.69, 9.17) is 23.1 Å². The molecule has 38 nitrogen and oxygen atoms in total. The van der Waals surface area contributed by atoms with Crippen LogP contribution in [0.3, 0.4) is 0 Å². The Hall–Kier alpha value is -11.0. The van der Waals surface area contributed by atoms with Crippen LogP contribution in [0.15, 0.2) is 91.0 Å². The van der Waals surface area contributed by atoms with Gasteiger partial charge in [-0.2, -0.15) is 0 Å². The van der Waals surface area contributed by atoms with Crippen LogP contribution in [0.5, 0.6) is 17.2 Å². The van der Waals surface area contributed by atoms with Gasteiger partial charge in [0.15, 0.2) is 28.9 Å². The van der Waals surface area contributed by atoms with Crippen LogP contribution in [0.1, 0.15) is 133 Å². The fraction of sp³-hybridized carbons (Fsp3) is 0.549. The second-order valence-corrected chi connectivity index (χ2v) is 37.5. The molecule has 3 fully saturated rings. The summed E-state index contributed by atoms with van der Waals surface area (Å²) in [5.41, 5.74) is 14.0. The van der Waals surface area contributed by atoms with E-state index >= 15 is 33.6 Å². The lowest BCUT2D eigenvalue weighted by Gasteiger charge is -2.33. The SMILES string of the molecule is CCC(C)[C@H](NC(=O)[C@@H](CC(=O)[C@@H]1CSSC[C@H](NC(=O)[C@@H](CCC(=O)O)CC(=O)[C@H](Cc2ccc(O)cc2)NC(=O)CN2CCN(CC(=O)O)CCN(CC(=O)O)CCN(CC(=O)O)CC2)C(=O)N2C[C@H](O)C[C@H]2C(=O)C[C@@H](Cc2ccc(O)c(Cl)c2)C(=O)NCC(=O)C[C@@H](CC(C)C)C(=O)N1)Cc1ccc(O)cc1)C(=O)C[C@@H](CCC(N)=O)C(=O)NCc1ccc(CN)cc1. The highest BCUT2D eigenvalue weighted by Gasteiger charge is 2.45. The lowest BCUT2D eigenvalue weighted by Crippen LogP contribution is -2.54. The molecule has 3 aliphatic rings. The molecule has 0 aliphatic carbocycles. The maximum absolute atomic E-state index is 15.7. The summed E-state index contributed by atoms with van der Waals surface area (Å²) in [5, 5.41) is 98.6. The molecule has 0 radical (unpaired) electrons. The number of benzene rings is 4. The summed E-state index contributed by atoms with van der Waals surface area (Å²) in [6.07, 6.45) is -7.15. The quantitative estimate of drug-likeness (QED) is 0.0283. The standard InChI is InChI=1S/C91H124ClN13O25S2/c1-5-54(4)85(78(114)39-60(15-22-79(94)115)86(125)95-44-58-8-6-57(43-93)7-9-58)100-90(129)64(33-55-10-17-65(106)18-11-55)40-76(112)71-51-131-132-52-72(91(130)105-46-68(109)42-73(105)77(113)41-63(34-59-14-21-74(110)69(92)35-59)87(126)96-45-67(108)37-62(32-53(2)3)89(128)98-71)99-88(127)61(16-23-81(117)118)38-75(111)70(36-56-12-19-66(107)20-13-56)97-80(116)47-101-24-26-102(48-82(119)120)28-30-104(50-84(123)124)31-29-103(27-25-101)49-83(121)122/h6-14,17-21,35,53-54,60-64,68,70-73,85,106-107,109-110H,5,15-16,22-34,36-52,93H2,1-4H3,(H2,94,115)(H,95,125)(H,96,126)(H,97,116)(H,98,128)(H,99,127)(H,100,129)(H,117,118)(H,119,120)(H,121,122)(H,123,124)/t54?,60-,61+,62-,63-,64-,68-,70+,71+,72+,73+,85+/m1/s1. The molecule has 12 atom stereocenters. The van der Waals surface area contributed by atoms with Crippen molar-refractivity contribution in [3.8, 4) is 17.2 Å². The first-order valence-corrected chi connectivity index (χ1v) is 47.0. The van der Waals surface area contributed by atoms with Crippen molar-refractivity contribution < 1.29 is 122 Å². The summed E-state index contributed by atoms with van der Waals surface area (Å²) >= 11 is 6.34. The summed E-state index contributed by atoms with van der Waals surface area (Å²) in [5.74, 6) is -24.6. The molecule has 0 spiro atoms. The fourth-order valence-electron chi connectivity index (χ4n) is 16.0. The number of phenols is 3. The van der Waals surface area contributed by atoms with Gasteiger partial charge in [-0.15, -0.1) is 0 Å². The number of aliphatic hydroxyl groups is 1. The Kier molecular flexibility index (Phi) is 44.4. The van der Waals surface area contributed by atoms with E-state index in [1.807, 2.05) is 0 Å². The molecule has 4 aromatic carbocycles. The number of nitrogens with one attached hydrogen (secondary N) is 6. The van der Waals surface area contributed by atoms with Crippen molar-refractivity contribution in [2.24, 2.45) is 52.9 Å². The third kappa shape index (κ3) is 37.2. The monoisotopic (exact) mass is 1900 g/mol. The van der Waals surface area contributed by atoms with E-state index in [1.165, 1.54) is 76.5 Å². The number of nitrogens with two attached hydrogens (primary N) is 2. The zero-order valence-corrected chi connectivity index (χ0v) is 77.0. The van der Waals surface area contributed by atoms with Crippen molar-refractivity contribution in [2.75, 3.05) is 103 Å². The van der Waals surface area contributed by atoms with E-state index in [0.717, 1.165) is 32.1 Å². The topological polar surface area (TPSA) is 592 Å². The summed E-state index contributed by atoms with van der Waals surface area (Å²) in [4.78, 5) is 248. The number of carboxylic acids is 4. The molecule has 4 aromatic rings. The van der Waals surface area contributed by atoms with Gasteiger partial charge >= 0.3 is 23.9 Å². The lowest BCUT2D eigenvalue weighted by atomic mass is 9.86. The molecule has 0 bridgehead atoms. The van der Waals surface area contributed by atoms with Crippen molar-refractivity contribution in [3.63, 3.8) is 0 Å². The molecule has 3 aliphatic heterocycles. The number of phenolic OH excluding ortho intramolecular Hbond substituents is 3. The largest absolute Gasteiger partial charge is 0.508 e. The zero-order valence-electron chi connectivity index (χ0n) is 74.6. The van der Waals surface area contributed by atoms with Crippen LogP contribution in [0.25, 0.3) is 0 Å². The van der Waals surface area contributed by atoms with Gasteiger partial charge in [-0.05, 0) is 115 Å². The molecular formula is C91H124ClN13O25S2. The van der Waals surface area contributed by atoms with Crippen LogP contribution in [0.4, 0.5) is 0 Å². The van der Waals surface area contributed by atoms with Crippen LogP contribution in [-0.2, 0) is 114 Å². The molecular weight excluding hydrogens is 1770 g/mol. The molecule has 3 heterocycles. The molecule has 18 N–H and O–H groups in total. The fourth-order valence-corrected chi connectivity index (χ4v) is 18.5. The van der Waals surface area contributed by atoms with E-state index in [9.17, 15) is 88.8 Å². The number of aliphatic hydroxyl groups excluding tert-OH is 1. The van der Waals surface area contributed by atoms with E-state index in [-0.39, 0.29) is 132 Å². The number of nitrogens with zero attached hydrogens (tertiary/aromatic N) is 5. The Labute approximate surface area is 778 Å². The number of Topliss-reactive ketones (excluding diaryl/α,β-unsaturated/α-hetero) is 5. The zero-order chi connectivity index (χ0) is 97.0. The van der Waals surface area contributed by atoms with Gasteiger partial charge in [0.05, 0.1) is 68.0 Å². The second kappa shape index (κ2) is 54.3. The summed E-state index contributed by atoms with van der Waals surface area (Å²) < 4.78 is 0. The third-order valence-electron chi connectivity index (χ3n) is 23.6. The van der Waals surface area contributed by atoms with Crippen molar-refractivity contribution >= 4 is 133 Å². The number of fused-ring (bicyclic) bond motifs is 1. The predicted octanol–water partition coefficient (Wildman–Crippen LogP) is 2.25. The smallest absolute Gasteiger partial charge is 0.317 e. The third-order valence-corrected chi connectivity index (χ3v) is 26.3. The highest BCUT2D eigenvalue weighted by atomic mass is 35.5. The number of primary amides is 1. The maximum atomic E-state index is 15.7. The van der Waals surface area contributed by atoms with Gasteiger partial charge in [0.2, 0.25) is 47.3 Å². The number of halogens is 1. The molecule has 3 saturated heterocycles. The molecule has 7 rings (SSSR count). The molecule has 0 aromatic heterocycles. The lowest BCUT2D eigenvalue weighted by molar-refractivity contribution is -0.142. The molecule has 722 valence electrons. The number of amides is 8. The van der Waals surface area contributed by atoms with Crippen molar-refractivity contribution in [2.45, 2.75) is 173 Å². The number of carbonyl (C=O) groups excluding carboxylic acids is 13. The number of aromatic hydroxyl groups is 3. The summed E-state index contributed by atoms with van der Waals surface area (Å²) in [7, 11) is 1.71. The van der Waals surface area contributed by atoms with Gasteiger partial charge in [0.25, 0.3) is 0 Å². The van der Waals surface area contributed by atoms with Crippen molar-refractivity contribution in [1.29, 1.82) is 0 Å². The van der Waals surface area contributed by atoms with Gasteiger partial charge < -0.3 is 89.1 Å². The summed E-state index contributed by atoms with van der Waals surface area (Å²) in [6.45, 7) is 4.48.